The Morgan fingerprint density at radius 2 is 2.43 bits per heavy atom. The van der Waals surface area contributed by atoms with Gasteiger partial charge in [-0.3, -0.25) is 9.59 Å². The van der Waals surface area contributed by atoms with Crippen molar-refractivity contribution in [3.8, 4) is 5.88 Å². The zero-order valence-electron chi connectivity index (χ0n) is 11.7. The Morgan fingerprint density at radius 1 is 1.62 bits per heavy atom. The molecule has 1 aromatic heterocycles. The van der Waals surface area contributed by atoms with Crippen LogP contribution < -0.4 is 10.1 Å². The zero-order valence-corrected chi connectivity index (χ0v) is 11.7. The van der Waals surface area contributed by atoms with Gasteiger partial charge in [-0.15, -0.1) is 0 Å². The molecule has 2 heterocycles. The minimum absolute atomic E-state index is 0.0390. The Balaban J connectivity index is 1.92. The molecule has 0 radical (unpaired) electrons. The Labute approximate surface area is 122 Å². The highest BCUT2D eigenvalue weighted by Crippen LogP contribution is 2.15. The van der Waals surface area contributed by atoms with Crippen LogP contribution in [0.4, 0.5) is 0 Å². The maximum Gasteiger partial charge on any atom is 0.308 e. The third kappa shape index (κ3) is 4.42. The van der Waals surface area contributed by atoms with Crippen LogP contribution in [0.1, 0.15) is 23.7 Å². The van der Waals surface area contributed by atoms with E-state index in [1.54, 1.807) is 12.1 Å². The van der Waals surface area contributed by atoms with Gasteiger partial charge in [0.1, 0.15) is 6.10 Å². The molecule has 0 spiro atoms. The van der Waals surface area contributed by atoms with Crippen LogP contribution in [-0.4, -0.2) is 47.8 Å². The molecule has 1 amide bonds. The molecule has 2 rings (SSSR count). The van der Waals surface area contributed by atoms with Crippen molar-refractivity contribution in [3.05, 3.63) is 23.9 Å². The van der Waals surface area contributed by atoms with Crippen LogP contribution in [0.2, 0.25) is 0 Å². The van der Waals surface area contributed by atoms with Crippen LogP contribution in [0.3, 0.4) is 0 Å². The molecule has 2 N–H and O–H groups in total. The van der Waals surface area contributed by atoms with Gasteiger partial charge in [-0.1, -0.05) is 6.92 Å². The number of hydrogen-bond acceptors (Lipinski definition) is 5. The highest BCUT2D eigenvalue weighted by Gasteiger charge is 2.18. The van der Waals surface area contributed by atoms with Crippen LogP contribution in [0.25, 0.3) is 0 Å². The number of amides is 1. The molecule has 1 aromatic rings. The van der Waals surface area contributed by atoms with E-state index in [9.17, 15) is 9.59 Å². The molecule has 0 aliphatic carbocycles. The number of carbonyl (C=O) groups excluding carboxylic acids is 1. The summed E-state index contributed by atoms with van der Waals surface area (Å²) in [5.41, 5.74) is 0.386. The molecule has 21 heavy (non-hydrogen) atoms. The SMILES string of the molecule is CC(CNC(=O)c1ccnc(OC2CCOC2)c1)C(=O)O. The van der Waals surface area contributed by atoms with Crippen molar-refractivity contribution in [2.45, 2.75) is 19.4 Å². The standard InChI is InChI=1S/C14H18N2O5/c1-9(14(18)19)7-16-13(17)10-2-4-15-12(6-10)21-11-3-5-20-8-11/h2,4,6,9,11H,3,5,7-8H2,1H3,(H,16,17)(H,18,19). The molecule has 1 fully saturated rings. The van der Waals surface area contributed by atoms with Gasteiger partial charge in [-0.05, 0) is 6.07 Å². The molecule has 114 valence electrons. The lowest BCUT2D eigenvalue weighted by atomic mass is 10.2. The summed E-state index contributed by atoms with van der Waals surface area (Å²) in [6, 6.07) is 3.10. The first kappa shape index (κ1) is 15.2. The second-order valence-corrected chi connectivity index (χ2v) is 4.94. The lowest BCUT2D eigenvalue weighted by Gasteiger charge is -2.12. The predicted molar refractivity (Wildman–Crippen MR) is 73.2 cm³/mol. The number of carboxylic acids is 1. The van der Waals surface area contributed by atoms with Gasteiger partial charge >= 0.3 is 5.97 Å². The molecule has 7 nitrogen and oxygen atoms in total. The molecule has 2 atom stereocenters. The Kier molecular flexibility index (Phi) is 5.10. The molecule has 7 heteroatoms. The second-order valence-electron chi connectivity index (χ2n) is 4.94. The van der Waals surface area contributed by atoms with E-state index in [0.29, 0.717) is 24.7 Å². The minimum Gasteiger partial charge on any atom is -0.481 e. The highest BCUT2D eigenvalue weighted by molar-refractivity contribution is 5.94. The average Bonchev–Trinajstić information content (AvgIpc) is 2.97. The lowest BCUT2D eigenvalue weighted by molar-refractivity contribution is -0.140. The number of carbonyl (C=O) groups is 2. The van der Waals surface area contributed by atoms with E-state index < -0.39 is 11.9 Å². The number of rotatable bonds is 6. The van der Waals surface area contributed by atoms with Crippen LogP contribution in [0.15, 0.2) is 18.3 Å². The number of nitrogens with one attached hydrogen (secondary N) is 1. The van der Waals surface area contributed by atoms with Crippen molar-refractivity contribution in [2.75, 3.05) is 19.8 Å². The van der Waals surface area contributed by atoms with Crippen LogP contribution in [-0.2, 0) is 9.53 Å². The first-order valence-electron chi connectivity index (χ1n) is 6.77. The van der Waals surface area contributed by atoms with Gasteiger partial charge in [0, 0.05) is 30.8 Å². The van der Waals surface area contributed by atoms with E-state index in [2.05, 4.69) is 10.3 Å². The molecule has 1 saturated heterocycles. The topological polar surface area (TPSA) is 97.8 Å². The summed E-state index contributed by atoms with van der Waals surface area (Å²) in [6.07, 6.45) is 2.25. The number of pyridine rings is 1. The van der Waals surface area contributed by atoms with Gasteiger partial charge in [0.2, 0.25) is 5.88 Å². The van der Waals surface area contributed by atoms with Crippen LogP contribution in [0, 0.1) is 5.92 Å². The molecule has 1 aliphatic rings. The van der Waals surface area contributed by atoms with Crippen molar-refractivity contribution in [2.24, 2.45) is 5.92 Å². The number of carboxylic acid groups (broad SMARTS) is 1. The molecule has 0 saturated carbocycles. The Bertz CT molecular complexity index is 514. The van der Waals surface area contributed by atoms with E-state index in [0.717, 1.165) is 6.42 Å². The zero-order chi connectivity index (χ0) is 15.2. The largest absolute Gasteiger partial charge is 0.481 e. The van der Waals surface area contributed by atoms with Crippen molar-refractivity contribution < 1.29 is 24.2 Å². The summed E-state index contributed by atoms with van der Waals surface area (Å²) in [4.78, 5) is 26.7. The number of aliphatic carboxylic acids is 1. The minimum atomic E-state index is -0.949. The third-order valence-corrected chi connectivity index (χ3v) is 3.16. The summed E-state index contributed by atoms with van der Waals surface area (Å²) in [5.74, 6) is -1.57. The van der Waals surface area contributed by atoms with Crippen LogP contribution in [0.5, 0.6) is 5.88 Å². The second kappa shape index (κ2) is 7.03. The first-order valence-corrected chi connectivity index (χ1v) is 6.77. The quantitative estimate of drug-likeness (QED) is 0.801. The summed E-state index contributed by atoms with van der Waals surface area (Å²) in [6.45, 7) is 2.79. The molecular weight excluding hydrogens is 276 g/mol. The van der Waals surface area contributed by atoms with E-state index in [1.165, 1.54) is 13.1 Å². The summed E-state index contributed by atoms with van der Waals surface area (Å²) in [5, 5.41) is 11.3. The van der Waals surface area contributed by atoms with Gasteiger partial charge in [-0.25, -0.2) is 4.98 Å². The van der Waals surface area contributed by atoms with E-state index in [1.807, 2.05) is 0 Å². The van der Waals surface area contributed by atoms with Crippen molar-refractivity contribution in [3.63, 3.8) is 0 Å². The van der Waals surface area contributed by atoms with Gasteiger partial charge in [0.15, 0.2) is 0 Å². The number of aromatic nitrogens is 1. The normalized spacial score (nSPS) is 19.0. The summed E-state index contributed by atoms with van der Waals surface area (Å²) < 4.78 is 10.8. The number of nitrogens with zero attached hydrogens (tertiary/aromatic N) is 1. The highest BCUT2D eigenvalue weighted by atomic mass is 16.5. The van der Waals surface area contributed by atoms with Gasteiger partial charge in [-0.2, -0.15) is 0 Å². The Hall–Kier alpha value is -2.15. The van der Waals surface area contributed by atoms with Crippen LogP contribution >= 0.6 is 0 Å². The Morgan fingerprint density at radius 3 is 3.10 bits per heavy atom. The van der Waals surface area contributed by atoms with Crippen molar-refractivity contribution in [1.82, 2.24) is 10.3 Å². The number of hydrogen-bond donors (Lipinski definition) is 2. The smallest absolute Gasteiger partial charge is 0.308 e. The van der Waals surface area contributed by atoms with E-state index in [-0.39, 0.29) is 18.6 Å². The average molecular weight is 294 g/mol. The molecule has 0 bridgehead atoms. The maximum atomic E-state index is 11.9. The van der Waals surface area contributed by atoms with Crippen molar-refractivity contribution in [1.29, 1.82) is 0 Å². The molecule has 2 unspecified atom stereocenters. The molecular formula is C14H18N2O5. The fourth-order valence-corrected chi connectivity index (χ4v) is 1.83. The molecule has 0 aromatic carbocycles. The van der Waals surface area contributed by atoms with Gasteiger partial charge < -0.3 is 19.9 Å². The fraction of sp³-hybridized carbons (Fsp3) is 0.500. The maximum absolute atomic E-state index is 11.9. The summed E-state index contributed by atoms with van der Waals surface area (Å²) >= 11 is 0. The third-order valence-electron chi connectivity index (χ3n) is 3.16. The van der Waals surface area contributed by atoms with Gasteiger partial charge in [0.05, 0.1) is 19.1 Å². The predicted octanol–water partition coefficient (Wildman–Crippen LogP) is 0.700. The van der Waals surface area contributed by atoms with E-state index in [4.69, 9.17) is 14.6 Å². The van der Waals surface area contributed by atoms with Gasteiger partial charge in [0.25, 0.3) is 5.91 Å². The summed E-state index contributed by atoms with van der Waals surface area (Å²) in [7, 11) is 0. The fourth-order valence-electron chi connectivity index (χ4n) is 1.83. The lowest BCUT2D eigenvalue weighted by Crippen LogP contribution is -2.31. The first-order chi connectivity index (χ1) is 10.1. The molecule has 1 aliphatic heterocycles. The van der Waals surface area contributed by atoms with E-state index >= 15 is 0 Å². The number of ether oxygens (including phenoxy) is 2. The monoisotopic (exact) mass is 294 g/mol. The van der Waals surface area contributed by atoms with Crippen molar-refractivity contribution >= 4 is 11.9 Å².